The highest BCUT2D eigenvalue weighted by Crippen LogP contribution is 2.33. The third kappa shape index (κ3) is 8.07. The van der Waals surface area contributed by atoms with Gasteiger partial charge in [-0.15, -0.1) is 0 Å². The minimum Gasteiger partial charge on any atom is -0.480 e. The summed E-state index contributed by atoms with van der Waals surface area (Å²) in [6, 6.07) is -0.737. The smallest absolute Gasteiger partial charge is 0.322 e. The second-order valence-electron chi connectivity index (χ2n) is 4.70. The summed E-state index contributed by atoms with van der Waals surface area (Å²) in [5.41, 5.74) is 5.71. The van der Waals surface area contributed by atoms with Crippen molar-refractivity contribution < 1.29 is 19.8 Å². The molecule has 0 saturated carbocycles. The fourth-order valence-corrected chi connectivity index (χ4v) is 3.01. The molecule has 0 aromatic carbocycles. The third-order valence-corrected chi connectivity index (χ3v) is 4.41. The topological polar surface area (TPSA) is 113 Å². The molecule has 0 fully saturated rings. The van der Waals surface area contributed by atoms with Crippen LogP contribution in [0.15, 0.2) is 0 Å². The molecule has 1 amide bonds. The number of carbonyl (C=O) groups excluding carboxylic acids is 1. The molecule has 112 valence electrons. The second-order valence-corrected chi connectivity index (χ2v) is 6.31. The van der Waals surface area contributed by atoms with E-state index in [2.05, 4.69) is 12.2 Å². The quantitative estimate of drug-likeness (QED) is 0.457. The molecule has 0 aliphatic rings. The van der Waals surface area contributed by atoms with E-state index in [4.69, 9.17) is 15.9 Å². The molecule has 0 bridgehead atoms. The SMILES string of the molecule is CCCC(C)(CCO)SCC(N)C(=O)NCC(=O)O. The Morgan fingerprint density at radius 3 is 2.53 bits per heavy atom. The summed E-state index contributed by atoms with van der Waals surface area (Å²) in [5, 5.41) is 19.8. The summed E-state index contributed by atoms with van der Waals surface area (Å²) < 4.78 is -0.103. The first-order chi connectivity index (χ1) is 8.84. The van der Waals surface area contributed by atoms with E-state index in [9.17, 15) is 9.59 Å². The molecule has 0 radical (unpaired) electrons. The highest BCUT2D eigenvalue weighted by Gasteiger charge is 2.25. The van der Waals surface area contributed by atoms with E-state index in [1.165, 1.54) is 0 Å². The largest absolute Gasteiger partial charge is 0.480 e. The Morgan fingerprint density at radius 1 is 1.42 bits per heavy atom. The molecule has 2 atom stereocenters. The van der Waals surface area contributed by atoms with E-state index in [-0.39, 0.29) is 11.4 Å². The van der Waals surface area contributed by atoms with Crippen LogP contribution in [0.3, 0.4) is 0 Å². The maximum Gasteiger partial charge on any atom is 0.322 e. The number of hydrogen-bond donors (Lipinski definition) is 4. The number of amides is 1. The third-order valence-electron chi connectivity index (χ3n) is 2.78. The highest BCUT2D eigenvalue weighted by atomic mass is 32.2. The molecule has 0 rings (SSSR count). The molecule has 19 heavy (non-hydrogen) atoms. The van der Waals surface area contributed by atoms with Crippen LogP contribution in [0, 0.1) is 0 Å². The zero-order valence-electron chi connectivity index (χ0n) is 11.5. The van der Waals surface area contributed by atoms with Gasteiger partial charge in [0.05, 0.1) is 6.04 Å². The Bertz CT molecular complexity index is 293. The van der Waals surface area contributed by atoms with Crippen molar-refractivity contribution in [3.63, 3.8) is 0 Å². The molecule has 0 aromatic heterocycles. The number of carboxylic acid groups (broad SMARTS) is 1. The number of aliphatic hydroxyl groups excluding tert-OH is 1. The van der Waals surface area contributed by atoms with Gasteiger partial charge in [-0.2, -0.15) is 11.8 Å². The van der Waals surface area contributed by atoms with Crippen LogP contribution in [0.1, 0.15) is 33.1 Å². The minimum atomic E-state index is -1.09. The van der Waals surface area contributed by atoms with Gasteiger partial charge in [-0.3, -0.25) is 9.59 Å². The molecular weight excluding hydrogens is 268 g/mol. The summed E-state index contributed by atoms with van der Waals surface area (Å²) in [7, 11) is 0. The monoisotopic (exact) mass is 292 g/mol. The molecule has 0 saturated heterocycles. The molecular formula is C12H24N2O4S. The molecule has 7 heteroatoms. The minimum absolute atomic E-state index is 0.101. The van der Waals surface area contributed by atoms with Crippen LogP contribution in [-0.2, 0) is 9.59 Å². The molecule has 5 N–H and O–H groups in total. The zero-order chi connectivity index (χ0) is 14.9. The van der Waals surface area contributed by atoms with Crippen molar-refractivity contribution in [2.75, 3.05) is 18.9 Å². The Morgan fingerprint density at radius 2 is 2.05 bits per heavy atom. The predicted molar refractivity (Wildman–Crippen MR) is 76.1 cm³/mol. The molecule has 2 unspecified atom stereocenters. The van der Waals surface area contributed by atoms with Crippen molar-refractivity contribution in [1.82, 2.24) is 5.32 Å². The maximum atomic E-state index is 11.5. The molecule has 0 aliphatic heterocycles. The van der Waals surface area contributed by atoms with Crippen LogP contribution in [0.25, 0.3) is 0 Å². The van der Waals surface area contributed by atoms with Crippen LogP contribution >= 0.6 is 11.8 Å². The van der Waals surface area contributed by atoms with E-state index < -0.39 is 24.5 Å². The summed E-state index contributed by atoms with van der Waals surface area (Å²) >= 11 is 1.55. The summed E-state index contributed by atoms with van der Waals surface area (Å²) in [4.78, 5) is 21.8. The number of nitrogens with two attached hydrogens (primary N) is 1. The lowest BCUT2D eigenvalue weighted by molar-refractivity contribution is -0.138. The average molecular weight is 292 g/mol. The second kappa shape index (κ2) is 9.17. The van der Waals surface area contributed by atoms with Gasteiger partial charge in [0.1, 0.15) is 6.54 Å². The number of nitrogens with one attached hydrogen (secondary N) is 1. The lowest BCUT2D eigenvalue weighted by atomic mass is 10.0. The Balaban J connectivity index is 4.20. The fourth-order valence-electron chi connectivity index (χ4n) is 1.70. The number of carboxylic acids is 1. The summed E-state index contributed by atoms with van der Waals surface area (Å²) in [5.74, 6) is -1.15. The van der Waals surface area contributed by atoms with Crippen LogP contribution in [-0.4, -0.2) is 51.8 Å². The lowest BCUT2D eigenvalue weighted by Crippen LogP contribution is -2.44. The van der Waals surface area contributed by atoms with Gasteiger partial charge >= 0.3 is 5.97 Å². The molecule has 0 aliphatic carbocycles. The van der Waals surface area contributed by atoms with E-state index in [1.54, 1.807) is 11.8 Å². The van der Waals surface area contributed by atoms with Crippen molar-refractivity contribution in [2.45, 2.75) is 43.9 Å². The van der Waals surface area contributed by atoms with Crippen LogP contribution in [0.2, 0.25) is 0 Å². The van der Waals surface area contributed by atoms with Gasteiger partial charge in [0, 0.05) is 17.1 Å². The summed E-state index contributed by atoms with van der Waals surface area (Å²) in [6.45, 7) is 3.79. The zero-order valence-corrected chi connectivity index (χ0v) is 12.3. The van der Waals surface area contributed by atoms with Gasteiger partial charge in [-0.1, -0.05) is 20.3 Å². The van der Waals surface area contributed by atoms with Crippen molar-refractivity contribution in [1.29, 1.82) is 0 Å². The first-order valence-corrected chi connectivity index (χ1v) is 7.33. The fraction of sp³-hybridized carbons (Fsp3) is 0.833. The van der Waals surface area contributed by atoms with Gasteiger partial charge in [0.2, 0.25) is 5.91 Å². The lowest BCUT2D eigenvalue weighted by Gasteiger charge is -2.29. The van der Waals surface area contributed by atoms with Gasteiger partial charge in [0.15, 0.2) is 0 Å². The first kappa shape index (κ1) is 18.2. The van der Waals surface area contributed by atoms with Crippen LogP contribution in [0.4, 0.5) is 0 Å². The van der Waals surface area contributed by atoms with E-state index >= 15 is 0 Å². The first-order valence-electron chi connectivity index (χ1n) is 6.34. The molecule has 6 nitrogen and oxygen atoms in total. The van der Waals surface area contributed by atoms with Crippen molar-refractivity contribution >= 4 is 23.6 Å². The van der Waals surface area contributed by atoms with Gasteiger partial charge in [0.25, 0.3) is 0 Å². The number of rotatable bonds is 10. The Kier molecular flexibility index (Phi) is 8.79. The van der Waals surface area contributed by atoms with E-state index in [0.717, 1.165) is 12.8 Å². The molecule has 0 spiro atoms. The van der Waals surface area contributed by atoms with E-state index in [1.807, 2.05) is 6.92 Å². The highest BCUT2D eigenvalue weighted by molar-refractivity contribution is 8.00. The summed E-state index contributed by atoms with van der Waals surface area (Å²) in [6.07, 6.45) is 2.57. The van der Waals surface area contributed by atoms with Gasteiger partial charge in [-0.25, -0.2) is 0 Å². The molecule has 0 aromatic rings. The molecule has 0 heterocycles. The number of hydrogen-bond acceptors (Lipinski definition) is 5. The predicted octanol–water partition coefficient (Wildman–Crippen LogP) is 0.189. The van der Waals surface area contributed by atoms with Gasteiger partial charge in [-0.05, 0) is 12.8 Å². The number of thioether (sulfide) groups is 1. The van der Waals surface area contributed by atoms with Crippen molar-refractivity contribution in [2.24, 2.45) is 5.73 Å². The number of carbonyl (C=O) groups is 2. The van der Waals surface area contributed by atoms with Gasteiger partial charge < -0.3 is 21.3 Å². The van der Waals surface area contributed by atoms with E-state index in [0.29, 0.717) is 12.2 Å². The number of aliphatic hydroxyl groups is 1. The van der Waals surface area contributed by atoms with Crippen LogP contribution in [0.5, 0.6) is 0 Å². The normalized spacial score (nSPS) is 15.6. The maximum absolute atomic E-state index is 11.5. The van der Waals surface area contributed by atoms with Crippen LogP contribution < -0.4 is 11.1 Å². The number of aliphatic carboxylic acids is 1. The Hall–Kier alpha value is -0.790. The average Bonchev–Trinajstić information content (AvgIpc) is 2.33. The van der Waals surface area contributed by atoms with Crippen molar-refractivity contribution in [3.8, 4) is 0 Å². The Labute approximate surface area is 118 Å². The standard InChI is InChI=1S/C12H24N2O4S/c1-3-4-12(2,5-6-15)19-8-9(13)11(18)14-7-10(16)17/h9,15H,3-8,13H2,1-2H3,(H,14,18)(H,16,17). The van der Waals surface area contributed by atoms with Crippen molar-refractivity contribution in [3.05, 3.63) is 0 Å².